The lowest BCUT2D eigenvalue weighted by molar-refractivity contribution is -0.124. The Hall–Kier alpha value is -0.570. The van der Waals surface area contributed by atoms with Crippen LogP contribution in [0.15, 0.2) is 0 Å². The highest BCUT2D eigenvalue weighted by Crippen LogP contribution is 1.99. The molecular weight excluding hydrogens is 130 g/mol. The second kappa shape index (κ2) is 5.23. The van der Waals surface area contributed by atoms with Crippen molar-refractivity contribution in [2.45, 2.75) is 20.3 Å². The van der Waals surface area contributed by atoms with Crippen LogP contribution in [0.25, 0.3) is 0 Å². The van der Waals surface area contributed by atoms with Crippen LogP contribution in [0.4, 0.5) is 0 Å². The first-order valence-corrected chi connectivity index (χ1v) is 3.61. The number of aliphatic hydroxyl groups excluding tert-OH is 1. The first-order valence-electron chi connectivity index (χ1n) is 3.61. The zero-order valence-electron chi connectivity index (χ0n) is 6.55. The molecular formula is C7H15NO2. The van der Waals surface area contributed by atoms with Crippen molar-refractivity contribution >= 4 is 5.91 Å². The lowest BCUT2D eigenvalue weighted by Crippen LogP contribution is -2.29. The summed E-state index contributed by atoms with van der Waals surface area (Å²) in [6, 6.07) is 0. The Balaban J connectivity index is 3.49. The molecule has 2 N–H and O–H groups in total. The molecule has 0 aromatic carbocycles. The van der Waals surface area contributed by atoms with E-state index in [0.717, 1.165) is 0 Å². The van der Waals surface area contributed by atoms with Gasteiger partial charge in [0, 0.05) is 19.1 Å². The van der Waals surface area contributed by atoms with E-state index >= 15 is 0 Å². The molecule has 0 fully saturated rings. The van der Waals surface area contributed by atoms with Crippen molar-refractivity contribution in [2.24, 2.45) is 5.92 Å². The van der Waals surface area contributed by atoms with E-state index in [9.17, 15) is 4.79 Å². The Morgan fingerprint density at radius 2 is 2.30 bits per heavy atom. The molecule has 0 saturated heterocycles. The Morgan fingerprint density at radius 3 is 2.70 bits per heavy atom. The van der Waals surface area contributed by atoms with E-state index < -0.39 is 0 Å². The number of amides is 1. The van der Waals surface area contributed by atoms with E-state index in [1.165, 1.54) is 0 Å². The second-order valence-corrected chi connectivity index (χ2v) is 2.31. The molecule has 0 aliphatic heterocycles. The molecule has 0 bridgehead atoms. The minimum atomic E-state index is -0.0649. The fourth-order valence-electron chi connectivity index (χ4n) is 0.673. The summed E-state index contributed by atoms with van der Waals surface area (Å²) in [5.74, 6) is -0.0403. The van der Waals surface area contributed by atoms with Gasteiger partial charge in [-0.3, -0.25) is 4.79 Å². The fourth-order valence-corrected chi connectivity index (χ4v) is 0.673. The highest BCUT2D eigenvalue weighted by molar-refractivity contribution is 5.78. The SMILES string of the molecule is CCNC(=O)C(C)CCO. The number of hydrogen-bond donors (Lipinski definition) is 2. The topological polar surface area (TPSA) is 49.3 Å². The molecule has 3 nitrogen and oxygen atoms in total. The number of rotatable bonds is 4. The molecule has 1 unspecified atom stereocenters. The Bertz CT molecular complexity index is 104. The predicted octanol–water partition coefficient (Wildman–Crippen LogP) is 0.141. The smallest absolute Gasteiger partial charge is 0.222 e. The van der Waals surface area contributed by atoms with Gasteiger partial charge in [-0.25, -0.2) is 0 Å². The lowest BCUT2D eigenvalue weighted by Gasteiger charge is -2.07. The summed E-state index contributed by atoms with van der Waals surface area (Å²) in [4.78, 5) is 10.9. The van der Waals surface area contributed by atoms with E-state index in [2.05, 4.69) is 5.32 Å². The average Bonchev–Trinajstić information content (AvgIpc) is 1.89. The van der Waals surface area contributed by atoms with E-state index in [1.54, 1.807) is 6.92 Å². The van der Waals surface area contributed by atoms with Crippen LogP contribution in [0.5, 0.6) is 0 Å². The highest BCUT2D eigenvalue weighted by Gasteiger charge is 2.09. The second-order valence-electron chi connectivity index (χ2n) is 2.31. The molecule has 60 valence electrons. The van der Waals surface area contributed by atoms with Crippen molar-refractivity contribution in [3.63, 3.8) is 0 Å². The molecule has 3 heteroatoms. The van der Waals surface area contributed by atoms with Crippen molar-refractivity contribution in [3.05, 3.63) is 0 Å². The predicted molar refractivity (Wildman–Crippen MR) is 39.6 cm³/mol. The molecule has 0 aliphatic rings. The first-order chi connectivity index (χ1) is 4.72. The third-order valence-electron chi connectivity index (χ3n) is 1.36. The average molecular weight is 145 g/mol. The van der Waals surface area contributed by atoms with Crippen LogP contribution < -0.4 is 5.32 Å². The molecule has 10 heavy (non-hydrogen) atoms. The third-order valence-corrected chi connectivity index (χ3v) is 1.36. The van der Waals surface area contributed by atoms with Gasteiger partial charge in [-0.1, -0.05) is 6.92 Å². The summed E-state index contributed by atoms with van der Waals surface area (Å²) in [7, 11) is 0. The minimum Gasteiger partial charge on any atom is -0.396 e. The number of carbonyl (C=O) groups is 1. The van der Waals surface area contributed by atoms with Crippen LogP contribution in [-0.2, 0) is 4.79 Å². The number of carbonyl (C=O) groups excluding carboxylic acids is 1. The monoisotopic (exact) mass is 145 g/mol. The maximum absolute atomic E-state index is 10.9. The summed E-state index contributed by atoms with van der Waals surface area (Å²) in [6.45, 7) is 4.43. The molecule has 0 heterocycles. The van der Waals surface area contributed by atoms with E-state index in [-0.39, 0.29) is 18.4 Å². The van der Waals surface area contributed by atoms with Crippen LogP contribution in [0.3, 0.4) is 0 Å². The normalized spacial score (nSPS) is 12.7. The van der Waals surface area contributed by atoms with Gasteiger partial charge in [-0.05, 0) is 13.3 Å². The van der Waals surface area contributed by atoms with Crippen molar-refractivity contribution in [3.8, 4) is 0 Å². The molecule has 0 saturated carbocycles. The van der Waals surface area contributed by atoms with E-state index in [4.69, 9.17) is 5.11 Å². The molecule has 0 aliphatic carbocycles. The van der Waals surface area contributed by atoms with Gasteiger partial charge >= 0.3 is 0 Å². The zero-order chi connectivity index (χ0) is 7.98. The maximum Gasteiger partial charge on any atom is 0.222 e. The zero-order valence-corrected chi connectivity index (χ0v) is 6.55. The molecule has 0 radical (unpaired) electrons. The van der Waals surface area contributed by atoms with Gasteiger partial charge in [0.2, 0.25) is 5.91 Å². The summed E-state index contributed by atoms with van der Waals surface area (Å²) in [5, 5.41) is 11.2. The molecule has 0 aromatic rings. The summed E-state index contributed by atoms with van der Waals surface area (Å²) in [5.41, 5.74) is 0. The van der Waals surface area contributed by atoms with E-state index in [0.29, 0.717) is 13.0 Å². The largest absolute Gasteiger partial charge is 0.396 e. The van der Waals surface area contributed by atoms with Crippen molar-refractivity contribution in [2.75, 3.05) is 13.2 Å². The summed E-state index contributed by atoms with van der Waals surface area (Å²) >= 11 is 0. The molecule has 0 rings (SSSR count). The fraction of sp³-hybridized carbons (Fsp3) is 0.857. The standard InChI is InChI=1S/C7H15NO2/c1-3-8-7(10)6(2)4-5-9/h6,9H,3-5H2,1-2H3,(H,8,10). The maximum atomic E-state index is 10.9. The van der Waals surface area contributed by atoms with Gasteiger partial charge in [-0.15, -0.1) is 0 Å². The van der Waals surface area contributed by atoms with Gasteiger partial charge in [0.1, 0.15) is 0 Å². The Morgan fingerprint density at radius 1 is 1.70 bits per heavy atom. The molecule has 1 amide bonds. The minimum absolute atomic E-state index is 0.0246. The number of nitrogens with one attached hydrogen (secondary N) is 1. The number of hydrogen-bond acceptors (Lipinski definition) is 2. The van der Waals surface area contributed by atoms with Crippen LogP contribution >= 0.6 is 0 Å². The van der Waals surface area contributed by atoms with Crippen LogP contribution in [0.1, 0.15) is 20.3 Å². The Labute approximate surface area is 61.4 Å². The van der Waals surface area contributed by atoms with Crippen LogP contribution in [-0.4, -0.2) is 24.2 Å². The van der Waals surface area contributed by atoms with E-state index in [1.807, 2.05) is 6.92 Å². The lowest BCUT2D eigenvalue weighted by atomic mass is 10.1. The van der Waals surface area contributed by atoms with Gasteiger partial charge in [0.25, 0.3) is 0 Å². The summed E-state index contributed by atoms with van der Waals surface area (Å²) in [6.07, 6.45) is 0.547. The quantitative estimate of drug-likeness (QED) is 0.591. The van der Waals surface area contributed by atoms with Crippen molar-refractivity contribution in [1.82, 2.24) is 5.32 Å². The van der Waals surface area contributed by atoms with Gasteiger partial charge in [0.15, 0.2) is 0 Å². The van der Waals surface area contributed by atoms with Crippen molar-refractivity contribution in [1.29, 1.82) is 0 Å². The summed E-state index contributed by atoms with van der Waals surface area (Å²) < 4.78 is 0. The van der Waals surface area contributed by atoms with Crippen molar-refractivity contribution < 1.29 is 9.90 Å². The molecule has 0 spiro atoms. The Kier molecular flexibility index (Phi) is 4.94. The van der Waals surface area contributed by atoms with Crippen LogP contribution in [0.2, 0.25) is 0 Å². The highest BCUT2D eigenvalue weighted by atomic mass is 16.3. The number of aliphatic hydroxyl groups is 1. The van der Waals surface area contributed by atoms with Gasteiger partial charge < -0.3 is 10.4 Å². The molecule has 0 aromatic heterocycles. The third kappa shape index (κ3) is 3.45. The van der Waals surface area contributed by atoms with Gasteiger partial charge in [-0.2, -0.15) is 0 Å². The first kappa shape index (κ1) is 9.43. The van der Waals surface area contributed by atoms with Crippen LogP contribution in [0, 0.1) is 5.92 Å². The molecule has 1 atom stereocenters. The van der Waals surface area contributed by atoms with Gasteiger partial charge in [0.05, 0.1) is 0 Å².